The highest BCUT2D eigenvalue weighted by Crippen LogP contribution is 2.43. The molecule has 10 nitrogen and oxygen atoms in total. The summed E-state index contributed by atoms with van der Waals surface area (Å²) in [6.45, 7) is 8.81. The number of hydrogen-bond acceptors (Lipinski definition) is 9. The van der Waals surface area contributed by atoms with Gasteiger partial charge >= 0.3 is 6.01 Å². The van der Waals surface area contributed by atoms with Gasteiger partial charge in [-0.05, 0) is 62.4 Å². The van der Waals surface area contributed by atoms with Crippen molar-refractivity contribution in [3.05, 3.63) is 59.3 Å². The van der Waals surface area contributed by atoms with Crippen molar-refractivity contribution >= 4 is 23.5 Å². The number of carbonyl (C=O) groups excluding carboxylic acids is 1. The molecule has 7 rings (SSSR count). The van der Waals surface area contributed by atoms with Gasteiger partial charge in [-0.1, -0.05) is 30.9 Å². The molecule has 230 valence electrons. The zero-order chi connectivity index (χ0) is 30.3. The molecule has 0 radical (unpaired) electrons. The number of benzene rings is 1. The van der Waals surface area contributed by atoms with Crippen molar-refractivity contribution in [3.63, 3.8) is 0 Å². The average Bonchev–Trinajstić information content (AvgIpc) is 3.85. The van der Waals surface area contributed by atoms with Crippen molar-refractivity contribution in [2.75, 3.05) is 62.8 Å². The van der Waals surface area contributed by atoms with E-state index in [1.807, 2.05) is 0 Å². The number of fused-ring (bicyclic) bond motifs is 2. The van der Waals surface area contributed by atoms with Gasteiger partial charge in [-0.15, -0.1) is 0 Å². The minimum atomic E-state index is -0.237. The van der Waals surface area contributed by atoms with Crippen LogP contribution in [0.1, 0.15) is 48.1 Å². The normalized spacial score (nSPS) is 24.0. The van der Waals surface area contributed by atoms with Crippen LogP contribution in [0.25, 0.3) is 6.08 Å². The molecular weight excluding hydrogens is 554 g/mol. The predicted molar refractivity (Wildman–Crippen MR) is 169 cm³/mol. The van der Waals surface area contributed by atoms with Crippen LogP contribution in [-0.4, -0.2) is 96.3 Å². The van der Waals surface area contributed by atoms with Crippen molar-refractivity contribution in [1.29, 1.82) is 5.26 Å². The largest absolute Gasteiger partial charge is 0.461 e. The number of aromatic nitrogens is 2. The van der Waals surface area contributed by atoms with E-state index in [9.17, 15) is 10.1 Å². The minimum absolute atomic E-state index is 0.0387. The molecule has 2 aromatic rings. The van der Waals surface area contributed by atoms with Crippen LogP contribution in [0.15, 0.2) is 36.9 Å². The fourth-order valence-electron chi connectivity index (χ4n) is 7.28. The second-order valence-corrected chi connectivity index (χ2v) is 12.8. The summed E-state index contributed by atoms with van der Waals surface area (Å²) >= 11 is 0. The van der Waals surface area contributed by atoms with Crippen LogP contribution in [0.2, 0.25) is 0 Å². The van der Waals surface area contributed by atoms with Gasteiger partial charge in [0.1, 0.15) is 18.5 Å². The molecule has 44 heavy (non-hydrogen) atoms. The molecule has 1 spiro atoms. The first-order valence-corrected chi connectivity index (χ1v) is 15.9. The van der Waals surface area contributed by atoms with Gasteiger partial charge in [0, 0.05) is 49.5 Å². The van der Waals surface area contributed by atoms with Crippen LogP contribution in [0.3, 0.4) is 0 Å². The molecule has 5 aliphatic rings. The topological polar surface area (TPSA) is 98.1 Å². The van der Waals surface area contributed by atoms with Crippen LogP contribution in [0, 0.1) is 11.3 Å². The molecule has 2 saturated heterocycles. The second-order valence-electron chi connectivity index (χ2n) is 12.8. The summed E-state index contributed by atoms with van der Waals surface area (Å²) in [5, 5.41) is 9.55. The highest BCUT2D eigenvalue weighted by atomic mass is 16.5. The number of hydrogen-bond donors (Lipinski definition) is 0. The van der Waals surface area contributed by atoms with E-state index in [1.165, 1.54) is 35.7 Å². The molecule has 0 bridgehead atoms. The summed E-state index contributed by atoms with van der Waals surface area (Å²) < 4.78 is 12.5. The third-order valence-corrected chi connectivity index (χ3v) is 10.1. The molecule has 0 N–H and O–H groups in total. The molecular formula is C34H41N7O3. The zero-order valence-electron chi connectivity index (χ0n) is 25.6. The lowest BCUT2D eigenvalue weighted by atomic mass is 9.94. The van der Waals surface area contributed by atoms with Gasteiger partial charge in [-0.25, -0.2) is 0 Å². The molecule has 10 heteroatoms. The fourth-order valence-corrected chi connectivity index (χ4v) is 7.28. The number of rotatable bonds is 7. The van der Waals surface area contributed by atoms with Gasteiger partial charge in [0.15, 0.2) is 0 Å². The zero-order valence-corrected chi connectivity index (χ0v) is 25.6. The van der Waals surface area contributed by atoms with Crippen molar-refractivity contribution in [3.8, 4) is 12.1 Å². The first kappa shape index (κ1) is 28.8. The van der Waals surface area contributed by atoms with Crippen LogP contribution >= 0.6 is 0 Å². The SMILES string of the molecule is C=CC(=O)N1CCN(c2nc(OC[C@H]3CN(C)C4(CC4)CO3)nc3c2CCN(c2cccc4c2CCC=C4)C3)C[C@@H]1CC#N. The molecule has 0 unspecified atom stereocenters. The summed E-state index contributed by atoms with van der Waals surface area (Å²) in [6, 6.07) is 8.96. The Labute approximate surface area is 259 Å². The van der Waals surface area contributed by atoms with E-state index in [1.54, 1.807) is 4.90 Å². The first-order valence-electron chi connectivity index (χ1n) is 15.9. The smallest absolute Gasteiger partial charge is 0.318 e. The number of amides is 1. The number of morpholine rings is 1. The van der Waals surface area contributed by atoms with Gasteiger partial charge in [0.2, 0.25) is 5.91 Å². The molecule has 2 atom stereocenters. The monoisotopic (exact) mass is 595 g/mol. The third kappa shape index (κ3) is 5.44. The second kappa shape index (κ2) is 11.9. The molecule has 1 amide bonds. The molecule has 3 aliphatic heterocycles. The van der Waals surface area contributed by atoms with E-state index in [-0.39, 0.29) is 30.0 Å². The number of likely N-dealkylation sites (N-methyl/N-ethyl adjacent to an activating group) is 1. The van der Waals surface area contributed by atoms with Crippen LogP contribution < -0.4 is 14.5 Å². The van der Waals surface area contributed by atoms with Gasteiger partial charge in [0.25, 0.3) is 0 Å². The maximum Gasteiger partial charge on any atom is 0.318 e. The van der Waals surface area contributed by atoms with E-state index in [0.717, 1.165) is 56.0 Å². The number of nitrogens with zero attached hydrogens (tertiary/aromatic N) is 7. The summed E-state index contributed by atoms with van der Waals surface area (Å²) in [7, 11) is 2.18. The quantitative estimate of drug-likeness (QED) is 0.447. The third-order valence-electron chi connectivity index (χ3n) is 10.1. The molecule has 4 heterocycles. The van der Waals surface area contributed by atoms with E-state index < -0.39 is 0 Å². The van der Waals surface area contributed by atoms with E-state index in [2.05, 4.69) is 64.7 Å². The summed E-state index contributed by atoms with van der Waals surface area (Å²) in [6.07, 6.45) is 11.3. The number of nitriles is 1. The Hall–Kier alpha value is -3.94. The maximum absolute atomic E-state index is 12.6. The highest BCUT2D eigenvalue weighted by Gasteiger charge is 2.50. The number of ether oxygens (including phenoxy) is 2. The Morgan fingerprint density at radius 3 is 2.86 bits per heavy atom. The van der Waals surface area contributed by atoms with Crippen molar-refractivity contribution in [2.45, 2.75) is 62.8 Å². The van der Waals surface area contributed by atoms with E-state index in [0.29, 0.717) is 38.8 Å². The van der Waals surface area contributed by atoms with Crippen molar-refractivity contribution < 1.29 is 14.3 Å². The Bertz CT molecular complexity index is 1510. The molecule has 1 saturated carbocycles. The fraction of sp³-hybridized carbons (Fsp3) is 0.529. The van der Waals surface area contributed by atoms with Crippen molar-refractivity contribution in [2.24, 2.45) is 0 Å². The van der Waals surface area contributed by atoms with E-state index in [4.69, 9.17) is 19.4 Å². The lowest BCUT2D eigenvalue weighted by Crippen LogP contribution is -2.55. The standard InChI is InChI=1S/C34H41N7O3/c1-3-31(42)41-18-17-40(19-25(41)11-15-35)32-28-12-16-39(30-10-6-8-24-7-4-5-9-27(24)30)21-29(28)36-33(37-32)43-22-26-20-38(2)34(13-14-34)23-44-26/h3-4,6-8,10,25-26H,1,5,9,11-14,16-23H2,2H3/t25-,26+/m0/s1. The Morgan fingerprint density at radius 2 is 2.07 bits per heavy atom. The number of allylic oxidation sites excluding steroid dienone is 1. The first-order chi connectivity index (χ1) is 21.5. The molecule has 1 aromatic heterocycles. The average molecular weight is 596 g/mol. The Kier molecular flexibility index (Phi) is 7.77. The van der Waals surface area contributed by atoms with Gasteiger partial charge < -0.3 is 24.2 Å². The van der Waals surface area contributed by atoms with Gasteiger partial charge in [0.05, 0.1) is 37.4 Å². The molecule has 1 aromatic carbocycles. The lowest BCUT2D eigenvalue weighted by molar-refractivity contribution is -0.128. The number of piperazine rings is 1. The van der Waals surface area contributed by atoms with Crippen LogP contribution in [0.5, 0.6) is 6.01 Å². The summed E-state index contributed by atoms with van der Waals surface area (Å²) in [5.41, 5.74) is 6.31. The van der Waals surface area contributed by atoms with Crippen LogP contribution in [-0.2, 0) is 28.9 Å². The minimum Gasteiger partial charge on any atom is -0.461 e. The lowest BCUT2D eigenvalue weighted by Gasteiger charge is -2.42. The van der Waals surface area contributed by atoms with Gasteiger partial charge in [-0.2, -0.15) is 15.2 Å². The predicted octanol–water partition coefficient (Wildman–Crippen LogP) is 3.36. The Morgan fingerprint density at radius 1 is 1.18 bits per heavy atom. The summed E-state index contributed by atoms with van der Waals surface area (Å²) in [5.74, 6) is 0.718. The number of anilines is 2. The highest BCUT2D eigenvalue weighted by molar-refractivity contribution is 5.87. The van der Waals surface area contributed by atoms with Crippen LogP contribution in [0.4, 0.5) is 11.5 Å². The van der Waals surface area contributed by atoms with Crippen molar-refractivity contribution in [1.82, 2.24) is 19.8 Å². The van der Waals surface area contributed by atoms with E-state index >= 15 is 0 Å². The molecule has 2 aliphatic carbocycles. The molecule has 3 fully saturated rings. The summed E-state index contributed by atoms with van der Waals surface area (Å²) in [4.78, 5) is 31.4. The van der Waals surface area contributed by atoms with Gasteiger partial charge in [-0.3, -0.25) is 9.69 Å². The Balaban J connectivity index is 1.17. The maximum atomic E-state index is 12.6. The number of carbonyl (C=O) groups is 1.